The van der Waals surface area contributed by atoms with Gasteiger partial charge < -0.3 is 19.3 Å². The van der Waals surface area contributed by atoms with E-state index in [9.17, 15) is 9.59 Å². The lowest BCUT2D eigenvalue weighted by Crippen LogP contribution is -2.45. The minimum Gasteiger partial charge on any atom is -0.454 e. The van der Waals surface area contributed by atoms with Crippen molar-refractivity contribution in [1.82, 2.24) is 24.7 Å². The first-order chi connectivity index (χ1) is 18.1. The van der Waals surface area contributed by atoms with Gasteiger partial charge >= 0.3 is 0 Å². The Morgan fingerprint density at radius 1 is 0.946 bits per heavy atom. The number of anilines is 1. The van der Waals surface area contributed by atoms with E-state index in [1.165, 1.54) is 5.56 Å². The predicted molar refractivity (Wildman–Crippen MR) is 141 cm³/mol. The quantitative estimate of drug-likeness (QED) is 0.577. The number of aromatic amines is 1. The van der Waals surface area contributed by atoms with Crippen molar-refractivity contribution in [2.75, 3.05) is 64.1 Å². The standard InChI is InChI=1S/C27H38N6O4/c1-2-3-5-26(35)32-8-4-9-33(15-14-32)27-28-22(17-25(34)29-27)19-31-12-10-30(11-13-31)18-21-6-7-23-24(16-21)37-20-36-23/h6-7,16-17H,2-5,8-15,18-20H2,1H3,(H,28,29,34). The number of aromatic nitrogens is 2. The highest BCUT2D eigenvalue weighted by Gasteiger charge is 2.22. The molecule has 5 rings (SSSR count). The zero-order valence-corrected chi connectivity index (χ0v) is 21.8. The molecule has 2 aromatic rings. The van der Waals surface area contributed by atoms with Crippen molar-refractivity contribution < 1.29 is 14.3 Å². The molecule has 0 saturated carbocycles. The van der Waals surface area contributed by atoms with Gasteiger partial charge in [0.25, 0.3) is 5.56 Å². The number of H-pyrrole nitrogens is 1. The van der Waals surface area contributed by atoms with Gasteiger partial charge in [-0.15, -0.1) is 0 Å². The maximum atomic E-state index is 12.5. The molecule has 3 aliphatic heterocycles. The molecule has 37 heavy (non-hydrogen) atoms. The van der Waals surface area contributed by atoms with Crippen LogP contribution >= 0.6 is 0 Å². The summed E-state index contributed by atoms with van der Waals surface area (Å²) in [6.45, 7) is 10.6. The zero-order valence-electron chi connectivity index (χ0n) is 21.8. The van der Waals surface area contributed by atoms with Crippen molar-refractivity contribution >= 4 is 11.9 Å². The Kier molecular flexibility index (Phi) is 8.25. The molecule has 0 radical (unpaired) electrons. The van der Waals surface area contributed by atoms with Crippen molar-refractivity contribution in [3.05, 3.63) is 45.9 Å². The van der Waals surface area contributed by atoms with Crippen LogP contribution in [-0.2, 0) is 17.9 Å². The van der Waals surface area contributed by atoms with Crippen LogP contribution in [0.15, 0.2) is 29.1 Å². The van der Waals surface area contributed by atoms with Gasteiger partial charge in [0, 0.05) is 77.9 Å². The second-order valence-electron chi connectivity index (χ2n) is 10.1. The lowest BCUT2D eigenvalue weighted by atomic mass is 10.1. The number of nitrogens with zero attached hydrogens (tertiary/aromatic N) is 5. The summed E-state index contributed by atoms with van der Waals surface area (Å²) in [4.78, 5) is 41.6. The van der Waals surface area contributed by atoms with E-state index in [0.717, 1.165) is 82.3 Å². The van der Waals surface area contributed by atoms with E-state index in [2.05, 4.69) is 38.7 Å². The number of piperazine rings is 1. The van der Waals surface area contributed by atoms with E-state index in [4.69, 9.17) is 14.5 Å². The molecule has 0 aliphatic carbocycles. The fraction of sp³-hybridized carbons (Fsp3) is 0.593. The SMILES string of the molecule is CCCCC(=O)N1CCCN(c2nc(CN3CCN(Cc4ccc5c(c4)OCO5)CC3)cc(=O)[nH]2)CC1. The normalized spacial score (nSPS) is 18.7. The molecule has 10 nitrogen and oxygen atoms in total. The molecule has 1 aromatic carbocycles. The minimum absolute atomic E-state index is 0.124. The average molecular weight is 511 g/mol. The van der Waals surface area contributed by atoms with Crippen LogP contribution in [0.2, 0.25) is 0 Å². The lowest BCUT2D eigenvalue weighted by Gasteiger charge is -2.34. The van der Waals surface area contributed by atoms with Gasteiger partial charge in [0.05, 0.1) is 5.69 Å². The summed E-state index contributed by atoms with van der Waals surface area (Å²) >= 11 is 0. The first kappa shape index (κ1) is 25.5. The monoisotopic (exact) mass is 510 g/mol. The first-order valence-electron chi connectivity index (χ1n) is 13.5. The third-order valence-corrected chi connectivity index (χ3v) is 7.37. The number of unbranched alkanes of at least 4 members (excludes halogenated alkanes) is 1. The molecule has 1 aromatic heterocycles. The molecule has 10 heteroatoms. The predicted octanol–water partition coefficient (Wildman–Crippen LogP) is 2.05. The third-order valence-electron chi connectivity index (χ3n) is 7.37. The zero-order chi connectivity index (χ0) is 25.6. The Hall–Kier alpha value is -3.11. The van der Waals surface area contributed by atoms with Crippen LogP contribution < -0.4 is 19.9 Å². The van der Waals surface area contributed by atoms with Crippen molar-refractivity contribution in [3.8, 4) is 11.5 Å². The maximum absolute atomic E-state index is 12.5. The highest BCUT2D eigenvalue weighted by Crippen LogP contribution is 2.32. The van der Waals surface area contributed by atoms with Gasteiger partial charge in [-0.3, -0.25) is 24.4 Å². The van der Waals surface area contributed by atoms with Crippen LogP contribution in [0.3, 0.4) is 0 Å². The highest BCUT2D eigenvalue weighted by molar-refractivity contribution is 5.76. The van der Waals surface area contributed by atoms with E-state index in [0.29, 0.717) is 38.8 Å². The van der Waals surface area contributed by atoms with Crippen molar-refractivity contribution in [2.45, 2.75) is 45.7 Å². The molecule has 4 heterocycles. The van der Waals surface area contributed by atoms with E-state index in [1.807, 2.05) is 11.0 Å². The fourth-order valence-electron chi connectivity index (χ4n) is 5.22. The van der Waals surface area contributed by atoms with Gasteiger partial charge in [-0.2, -0.15) is 0 Å². The molecular formula is C27H38N6O4. The Balaban J connectivity index is 1.13. The Labute approximate surface area is 218 Å². The summed E-state index contributed by atoms with van der Waals surface area (Å²) in [5, 5.41) is 0. The first-order valence-corrected chi connectivity index (χ1v) is 13.5. The van der Waals surface area contributed by atoms with E-state index >= 15 is 0 Å². The molecule has 0 bridgehead atoms. The van der Waals surface area contributed by atoms with Crippen LogP contribution in [0.25, 0.3) is 0 Å². The molecule has 0 atom stereocenters. The maximum Gasteiger partial charge on any atom is 0.252 e. The average Bonchev–Trinajstić information content (AvgIpc) is 3.22. The summed E-state index contributed by atoms with van der Waals surface area (Å²) in [6.07, 6.45) is 3.45. The largest absolute Gasteiger partial charge is 0.454 e. The lowest BCUT2D eigenvalue weighted by molar-refractivity contribution is -0.131. The summed E-state index contributed by atoms with van der Waals surface area (Å²) in [7, 11) is 0. The number of rotatable bonds is 8. The number of amides is 1. The number of fused-ring (bicyclic) bond motifs is 1. The van der Waals surface area contributed by atoms with Gasteiger partial charge in [0.2, 0.25) is 18.6 Å². The Morgan fingerprint density at radius 3 is 2.54 bits per heavy atom. The molecule has 0 spiro atoms. The summed E-state index contributed by atoms with van der Waals surface area (Å²) in [5.74, 6) is 2.49. The van der Waals surface area contributed by atoms with Gasteiger partial charge in [-0.25, -0.2) is 4.98 Å². The Bertz CT molecular complexity index is 1130. The number of carbonyl (C=O) groups is 1. The van der Waals surface area contributed by atoms with Crippen LogP contribution in [0.1, 0.15) is 43.9 Å². The smallest absolute Gasteiger partial charge is 0.252 e. The molecule has 1 amide bonds. The number of carbonyl (C=O) groups excluding carboxylic acids is 1. The second-order valence-corrected chi connectivity index (χ2v) is 10.1. The van der Waals surface area contributed by atoms with Crippen LogP contribution in [0.5, 0.6) is 11.5 Å². The summed E-state index contributed by atoms with van der Waals surface area (Å²) in [5.41, 5.74) is 1.89. The van der Waals surface area contributed by atoms with Crippen LogP contribution in [0, 0.1) is 0 Å². The number of nitrogens with one attached hydrogen (secondary N) is 1. The van der Waals surface area contributed by atoms with Crippen molar-refractivity contribution in [2.24, 2.45) is 0 Å². The molecule has 3 aliphatic rings. The fourth-order valence-corrected chi connectivity index (χ4v) is 5.22. The van der Waals surface area contributed by atoms with E-state index < -0.39 is 0 Å². The third kappa shape index (κ3) is 6.61. The molecular weight excluding hydrogens is 472 g/mol. The minimum atomic E-state index is -0.124. The number of benzene rings is 1. The number of hydrogen-bond donors (Lipinski definition) is 1. The molecule has 0 unspecified atom stereocenters. The van der Waals surface area contributed by atoms with Gasteiger partial charge in [-0.1, -0.05) is 19.4 Å². The van der Waals surface area contributed by atoms with Gasteiger partial charge in [0.1, 0.15) is 0 Å². The number of ether oxygens (including phenoxy) is 2. The van der Waals surface area contributed by atoms with Crippen molar-refractivity contribution in [3.63, 3.8) is 0 Å². The second kappa shape index (κ2) is 12.0. The van der Waals surface area contributed by atoms with Gasteiger partial charge in [0.15, 0.2) is 11.5 Å². The molecule has 1 N–H and O–H groups in total. The molecule has 2 saturated heterocycles. The summed E-state index contributed by atoms with van der Waals surface area (Å²) < 4.78 is 10.9. The van der Waals surface area contributed by atoms with Crippen molar-refractivity contribution in [1.29, 1.82) is 0 Å². The van der Waals surface area contributed by atoms with E-state index in [-0.39, 0.29) is 11.5 Å². The topological polar surface area (TPSA) is 94.2 Å². The van der Waals surface area contributed by atoms with Gasteiger partial charge in [-0.05, 0) is 30.5 Å². The van der Waals surface area contributed by atoms with E-state index in [1.54, 1.807) is 6.07 Å². The molecule has 2 fully saturated rings. The number of hydrogen-bond acceptors (Lipinski definition) is 8. The Morgan fingerprint density at radius 2 is 1.73 bits per heavy atom. The van der Waals surface area contributed by atoms with Crippen LogP contribution in [0.4, 0.5) is 5.95 Å². The van der Waals surface area contributed by atoms with Crippen LogP contribution in [-0.4, -0.2) is 89.7 Å². The highest BCUT2D eigenvalue weighted by atomic mass is 16.7. The molecule has 200 valence electrons. The summed E-state index contributed by atoms with van der Waals surface area (Å²) in [6, 6.07) is 7.77.